The van der Waals surface area contributed by atoms with Crippen molar-refractivity contribution in [2.75, 3.05) is 34.0 Å². The number of Topliss-reactive ketones (excluding diaryl/α,β-unsaturated/α-hetero) is 1. The lowest BCUT2D eigenvalue weighted by Crippen LogP contribution is -2.08. The summed E-state index contributed by atoms with van der Waals surface area (Å²) in [5.41, 5.74) is 0.323. The molecule has 1 aromatic rings. The lowest BCUT2D eigenvalue weighted by atomic mass is 10.1. The van der Waals surface area contributed by atoms with Crippen LogP contribution in [0.25, 0.3) is 0 Å². The van der Waals surface area contributed by atoms with Crippen LogP contribution in [0.1, 0.15) is 16.8 Å². The van der Waals surface area contributed by atoms with E-state index in [2.05, 4.69) is 0 Å². The molecule has 0 fully saturated rings. The summed E-state index contributed by atoms with van der Waals surface area (Å²) in [6, 6.07) is 4.16. The number of carbonyl (C=O) groups excluding carboxylic acids is 1. The van der Waals surface area contributed by atoms with E-state index in [9.17, 15) is 9.18 Å². The maximum Gasteiger partial charge on any atom is 0.165 e. The number of rotatable bonds is 8. The van der Waals surface area contributed by atoms with Crippen LogP contribution in [0.5, 0.6) is 5.75 Å². The second kappa shape index (κ2) is 7.79. The number of methoxy groups -OCH3 is 2. The first-order valence-electron chi connectivity index (χ1n) is 5.62. The third kappa shape index (κ3) is 4.43. The van der Waals surface area contributed by atoms with Gasteiger partial charge in [-0.2, -0.15) is 0 Å². The Bertz CT molecular complexity index is 393. The first-order chi connectivity index (χ1) is 8.69. The van der Waals surface area contributed by atoms with Crippen molar-refractivity contribution in [3.63, 3.8) is 0 Å². The molecule has 0 aliphatic rings. The lowest BCUT2D eigenvalue weighted by molar-refractivity contribution is 0.0641. The summed E-state index contributed by atoms with van der Waals surface area (Å²) in [6.07, 6.45) is 0.218. The highest BCUT2D eigenvalue weighted by atomic mass is 19.1. The molecule has 0 aliphatic heterocycles. The zero-order valence-corrected chi connectivity index (χ0v) is 10.6. The SMILES string of the molecule is COCCOCCC(=O)c1ccc(OC)c(F)c1. The standard InChI is InChI=1S/C13H17FO4/c1-16-7-8-18-6-5-12(15)10-3-4-13(17-2)11(14)9-10/h3-4,9H,5-8H2,1-2H3. The van der Waals surface area contributed by atoms with Gasteiger partial charge in [-0.1, -0.05) is 0 Å². The molecule has 0 bridgehead atoms. The largest absolute Gasteiger partial charge is 0.494 e. The quantitative estimate of drug-likeness (QED) is 0.527. The van der Waals surface area contributed by atoms with Gasteiger partial charge >= 0.3 is 0 Å². The molecule has 1 aromatic carbocycles. The van der Waals surface area contributed by atoms with Crippen molar-refractivity contribution < 1.29 is 23.4 Å². The van der Waals surface area contributed by atoms with Gasteiger partial charge < -0.3 is 14.2 Å². The average Bonchev–Trinajstić information content (AvgIpc) is 2.38. The molecule has 0 heterocycles. The van der Waals surface area contributed by atoms with E-state index in [0.717, 1.165) is 0 Å². The van der Waals surface area contributed by atoms with Crippen molar-refractivity contribution in [2.24, 2.45) is 0 Å². The van der Waals surface area contributed by atoms with Crippen LogP contribution in [0.2, 0.25) is 0 Å². The van der Waals surface area contributed by atoms with Crippen LogP contribution in [0.4, 0.5) is 4.39 Å². The third-order valence-electron chi connectivity index (χ3n) is 2.38. The molecule has 0 amide bonds. The Labute approximate surface area is 106 Å². The molecule has 0 unspecified atom stereocenters. The summed E-state index contributed by atoms with van der Waals surface area (Å²) in [4.78, 5) is 11.7. The molecule has 0 aromatic heterocycles. The zero-order chi connectivity index (χ0) is 13.4. The summed E-state index contributed by atoms with van der Waals surface area (Å²) < 4.78 is 28.1. The number of hydrogen-bond acceptors (Lipinski definition) is 4. The predicted octanol–water partition coefficient (Wildman–Crippen LogP) is 2.07. The van der Waals surface area contributed by atoms with E-state index in [-0.39, 0.29) is 18.0 Å². The van der Waals surface area contributed by atoms with E-state index in [1.165, 1.54) is 19.2 Å². The van der Waals surface area contributed by atoms with Gasteiger partial charge in [0.2, 0.25) is 0 Å². The molecule has 5 heteroatoms. The molecule has 0 N–H and O–H groups in total. The first kappa shape index (κ1) is 14.6. The fraction of sp³-hybridized carbons (Fsp3) is 0.462. The number of ether oxygens (including phenoxy) is 3. The van der Waals surface area contributed by atoms with Crippen molar-refractivity contribution in [1.82, 2.24) is 0 Å². The van der Waals surface area contributed by atoms with Gasteiger partial charge in [-0.25, -0.2) is 4.39 Å². The van der Waals surface area contributed by atoms with Gasteiger partial charge in [0.15, 0.2) is 17.3 Å². The van der Waals surface area contributed by atoms with E-state index < -0.39 is 5.82 Å². The van der Waals surface area contributed by atoms with Gasteiger partial charge in [-0.3, -0.25) is 4.79 Å². The van der Waals surface area contributed by atoms with Crippen molar-refractivity contribution in [1.29, 1.82) is 0 Å². The molecular formula is C13H17FO4. The van der Waals surface area contributed by atoms with Gasteiger partial charge in [0.25, 0.3) is 0 Å². The van der Waals surface area contributed by atoms with E-state index in [0.29, 0.717) is 25.4 Å². The number of carbonyl (C=O) groups is 1. The van der Waals surface area contributed by atoms with Crippen molar-refractivity contribution in [3.05, 3.63) is 29.6 Å². The van der Waals surface area contributed by atoms with E-state index >= 15 is 0 Å². The Hall–Kier alpha value is -1.46. The second-order valence-corrected chi connectivity index (χ2v) is 3.63. The fourth-order valence-corrected chi connectivity index (χ4v) is 1.39. The first-order valence-corrected chi connectivity index (χ1v) is 5.62. The molecule has 100 valence electrons. The molecule has 0 atom stereocenters. The van der Waals surface area contributed by atoms with Gasteiger partial charge in [0, 0.05) is 19.1 Å². The molecule has 0 aliphatic carbocycles. The van der Waals surface area contributed by atoms with E-state index in [1.807, 2.05) is 0 Å². The molecule has 0 radical (unpaired) electrons. The maximum atomic E-state index is 13.4. The van der Waals surface area contributed by atoms with Crippen molar-refractivity contribution in [2.45, 2.75) is 6.42 Å². The minimum atomic E-state index is -0.538. The summed E-state index contributed by atoms with van der Waals surface area (Å²) in [5.74, 6) is -0.569. The van der Waals surface area contributed by atoms with E-state index in [4.69, 9.17) is 14.2 Å². The van der Waals surface area contributed by atoms with Gasteiger partial charge in [0.1, 0.15) is 0 Å². The van der Waals surface area contributed by atoms with Crippen LogP contribution in [0, 0.1) is 5.82 Å². The van der Waals surface area contributed by atoms with Gasteiger partial charge in [0.05, 0.1) is 26.9 Å². The van der Waals surface area contributed by atoms with Crippen molar-refractivity contribution >= 4 is 5.78 Å². The topological polar surface area (TPSA) is 44.8 Å². The lowest BCUT2D eigenvalue weighted by Gasteiger charge is -2.05. The Kier molecular flexibility index (Phi) is 6.32. The highest BCUT2D eigenvalue weighted by molar-refractivity contribution is 5.96. The Morgan fingerprint density at radius 3 is 2.61 bits per heavy atom. The minimum absolute atomic E-state index is 0.128. The fourth-order valence-electron chi connectivity index (χ4n) is 1.39. The molecule has 0 saturated heterocycles. The van der Waals surface area contributed by atoms with Crippen LogP contribution >= 0.6 is 0 Å². The minimum Gasteiger partial charge on any atom is -0.494 e. The number of benzene rings is 1. The predicted molar refractivity (Wildman–Crippen MR) is 64.6 cm³/mol. The van der Waals surface area contributed by atoms with Gasteiger partial charge in [-0.05, 0) is 18.2 Å². The number of halogens is 1. The summed E-state index contributed by atoms with van der Waals surface area (Å²) in [7, 11) is 2.96. The van der Waals surface area contributed by atoms with Gasteiger partial charge in [-0.15, -0.1) is 0 Å². The smallest absolute Gasteiger partial charge is 0.165 e. The van der Waals surface area contributed by atoms with Crippen LogP contribution in [-0.2, 0) is 9.47 Å². The van der Waals surface area contributed by atoms with Crippen LogP contribution in [0.3, 0.4) is 0 Å². The zero-order valence-electron chi connectivity index (χ0n) is 10.6. The van der Waals surface area contributed by atoms with Crippen LogP contribution in [0.15, 0.2) is 18.2 Å². The average molecular weight is 256 g/mol. The molecule has 0 spiro atoms. The third-order valence-corrected chi connectivity index (χ3v) is 2.38. The van der Waals surface area contributed by atoms with Crippen LogP contribution < -0.4 is 4.74 Å². The maximum absolute atomic E-state index is 13.4. The summed E-state index contributed by atoms with van der Waals surface area (Å²) in [6.45, 7) is 1.24. The molecular weight excluding hydrogens is 239 g/mol. The highest BCUT2D eigenvalue weighted by Crippen LogP contribution is 2.18. The molecule has 18 heavy (non-hydrogen) atoms. The highest BCUT2D eigenvalue weighted by Gasteiger charge is 2.09. The van der Waals surface area contributed by atoms with E-state index in [1.54, 1.807) is 13.2 Å². The van der Waals surface area contributed by atoms with Crippen LogP contribution in [-0.4, -0.2) is 39.8 Å². The Morgan fingerprint density at radius 2 is 2.00 bits per heavy atom. The Morgan fingerprint density at radius 1 is 1.22 bits per heavy atom. The summed E-state index contributed by atoms with van der Waals surface area (Å²) in [5, 5.41) is 0. The molecule has 0 saturated carbocycles. The normalized spacial score (nSPS) is 10.4. The number of hydrogen-bond donors (Lipinski definition) is 0. The second-order valence-electron chi connectivity index (χ2n) is 3.63. The summed E-state index contributed by atoms with van der Waals surface area (Å²) >= 11 is 0. The monoisotopic (exact) mass is 256 g/mol. The molecule has 1 rings (SSSR count). The molecule has 4 nitrogen and oxygen atoms in total. The van der Waals surface area contributed by atoms with Crippen molar-refractivity contribution in [3.8, 4) is 5.75 Å². The Balaban J connectivity index is 2.44. The number of ketones is 1.